The van der Waals surface area contributed by atoms with Crippen molar-refractivity contribution in [3.05, 3.63) is 52.6 Å². The van der Waals surface area contributed by atoms with E-state index < -0.39 is 17.3 Å². The van der Waals surface area contributed by atoms with Crippen LogP contribution < -0.4 is 16.0 Å². The number of nitrogens with one attached hydrogen (secondary N) is 1. The van der Waals surface area contributed by atoms with Crippen LogP contribution >= 0.6 is 0 Å². The lowest BCUT2D eigenvalue weighted by Gasteiger charge is -2.36. The topological polar surface area (TPSA) is 129 Å². The molecule has 0 aliphatic carbocycles. The van der Waals surface area contributed by atoms with E-state index in [2.05, 4.69) is 15.7 Å². The quantitative estimate of drug-likeness (QED) is 0.255. The maximum atomic E-state index is 13.7. The number of benzene rings is 2. The Morgan fingerprint density at radius 1 is 1.21 bits per heavy atom. The van der Waals surface area contributed by atoms with Crippen LogP contribution in [-0.4, -0.2) is 38.1 Å². The maximum Gasteiger partial charge on any atom is 0.266 e. The van der Waals surface area contributed by atoms with Crippen LogP contribution in [0.1, 0.15) is 89.6 Å². The molecule has 33 heavy (non-hydrogen) atoms. The van der Waals surface area contributed by atoms with Gasteiger partial charge in [-0.2, -0.15) is 0 Å². The van der Waals surface area contributed by atoms with E-state index in [-0.39, 0.29) is 34.9 Å². The molecule has 4 rings (SSSR count). The Kier molecular flexibility index (Phi) is 5.75. The molecule has 0 atom stereocenters. The van der Waals surface area contributed by atoms with Crippen LogP contribution in [0.15, 0.2) is 30.3 Å². The molecular weight excluding hydrogens is 422 g/mol. The average Bonchev–Trinajstić information content (AvgIpc) is 3.26. The summed E-state index contributed by atoms with van der Waals surface area (Å²) in [6.07, 6.45) is 1.67. The summed E-state index contributed by atoms with van der Waals surface area (Å²) in [6.45, 7) is 7.87. The number of hydrazine groups is 1. The second-order valence-electron chi connectivity index (χ2n) is 8.59. The SMILES string of the molecule is CCC1(CC)CC(=O)c2cc(C(=O)c3c(C(=O)NN)ccc4c3nnn4C(C)C)ccc2O1. The van der Waals surface area contributed by atoms with Gasteiger partial charge in [-0.15, -0.1) is 5.10 Å². The van der Waals surface area contributed by atoms with Gasteiger partial charge < -0.3 is 4.74 Å². The van der Waals surface area contributed by atoms with Crippen LogP contribution in [0, 0.1) is 0 Å². The highest BCUT2D eigenvalue weighted by molar-refractivity contribution is 6.21. The second-order valence-corrected chi connectivity index (χ2v) is 8.59. The maximum absolute atomic E-state index is 13.7. The van der Waals surface area contributed by atoms with Gasteiger partial charge in [-0.1, -0.05) is 19.1 Å². The fraction of sp³-hybridized carbons (Fsp3) is 0.375. The third-order valence-corrected chi connectivity index (χ3v) is 6.38. The first kappa shape index (κ1) is 22.6. The van der Waals surface area contributed by atoms with Crippen molar-refractivity contribution in [2.45, 2.75) is 58.6 Å². The molecule has 172 valence electrons. The summed E-state index contributed by atoms with van der Waals surface area (Å²) in [6, 6.07) is 8.01. The molecule has 2 aromatic carbocycles. The minimum Gasteiger partial charge on any atom is -0.486 e. The van der Waals surface area contributed by atoms with E-state index in [0.717, 1.165) is 0 Å². The highest BCUT2D eigenvalue weighted by Crippen LogP contribution is 2.38. The lowest BCUT2D eigenvalue weighted by molar-refractivity contribution is 0.0349. The van der Waals surface area contributed by atoms with Crippen molar-refractivity contribution < 1.29 is 19.1 Å². The molecule has 0 saturated carbocycles. The number of hydrogen-bond donors (Lipinski definition) is 2. The molecule has 1 aliphatic rings. The molecule has 1 amide bonds. The Balaban J connectivity index is 1.85. The fourth-order valence-electron chi connectivity index (χ4n) is 4.31. The number of ketones is 2. The van der Waals surface area contributed by atoms with Gasteiger partial charge in [-0.25, -0.2) is 10.5 Å². The third-order valence-electron chi connectivity index (χ3n) is 6.38. The average molecular weight is 450 g/mol. The van der Waals surface area contributed by atoms with Gasteiger partial charge in [0.15, 0.2) is 11.6 Å². The zero-order valence-corrected chi connectivity index (χ0v) is 19.1. The number of fused-ring (bicyclic) bond motifs is 2. The lowest BCUT2D eigenvalue weighted by atomic mass is 9.85. The smallest absolute Gasteiger partial charge is 0.266 e. The summed E-state index contributed by atoms with van der Waals surface area (Å²) < 4.78 is 7.85. The Bertz CT molecular complexity index is 1270. The van der Waals surface area contributed by atoms with Gasteiger partial charge >= 0.3 is 0 Å². The van der Waals surface area contributed by atoms with Crippen LogP contribution in [0.5, 0.6) is 5.75 Å². The van der Waals surface area contributed by atoms with E-state index >= 15 is 0 Å². The number of nitrogen functional groups attached to an aromatic ring is 1. The van der Waals surface area contributed by atoms with E-state index in [0.29, 0.717) is 35.2 Å². The molecule has 3 N–H and O–H groups in total. The van der Waals surface area contributed by atoms with Crippen molar-refractivity contribution in [2.75, 3.05) is 0 Å². The molecule has 1 aromatic heterocycles. The van der Waals surface area contributed by atoms with Crippen LogP contribution in [0.4, 0.5) is 0 Å². The number of Topliss-reactive ketones (excluding diaryl/α,β-unsaturated/α-hetero) is 1. The molecule has 3 aromatic rings. The molecule has 0 saturated heterocycles. The Hall–Kier alpha value is -3.59. The number of hydrogen-bond acceptors (Lipinski definition) is 7. The monoisotopic (exact) mass is 449 g/mol. The minimum absolute atomic E-state index is 0.00282. The van der Waals surface area contributed by atoms with Crippen molar-refractivity contribution in [1.29, 1.82) is 0 Å². The number of carbonyl (C=O) groups is 3. The van der Waals surface area contributed by atoms with Gasteiger partial charge in [-0.3, -0.25) is 19.8 Å². The standard InChI is InChI=1S/C24H27N5O4/c1-5-24(6-2)12-18(30)16-11-14(7-10-19(16)33-24)22(31)20-15(23(32)26-25)8-9-17-21(20)27-28-29(17)13(3)4/h7-11,13H,5-6,12,25H2,1-4H3,(H,26,32). The van der Waals surface area contributed by atoms with Crippen LogP contribution in [0.3, 0.4) is 0 Å². The molecule has 2 heterocycles. The van der Waals surface area contributed by atoms with Gasteiger partial charge in [0, 0.05) is 11.6 Å². The number of nitrogens with zero attached hydrogens (tertiary/aromatic N) is 3. The first-order valence-electron chi connectivity index (χ1n) is 11.0. The Morgan fingerprint density at radius 3 is 2.58 bits per heavy atom. The minimum atomic E-state index is -0.618. The molecular formula is C24H27N5O4. The molecule has 1 aliphatic heterocycles. The summed E-state index contributed by atoms with van der Waals surface area (Å²) in [7, 11) is 0. The van der Waals surface area contributed by atoms with Gasteiger partial charge in [0.1, 0.15) is 16.9 Å². The first-order valence-corrected chi connectivity index (χ1v) is 11.0. The summed E-state index contributed by atoms with van der Waals surface area (Å²) in [4.78, 5) is 39.1. The Labute approximate surface area is 191 Å². The van der Waals surface area contributed by atoms with E-state index in [1.165, 1.54) is 12.1 Å². The largest absolute Gasteiger partial charge is 0.486 e. The van der Waals surface area contributed by atoms with Crippen molar-refractivity contribution in [3.63, 3.8) is 0 Å². The van der Waals surface area contributed by atoms with Gasteiger partial charge in [-0.05, 0) is 57.0 Å². The lowest BCUT2D eigenvalue weighted by Crippen LogP contribution is -2.41. The number of ether oxygens (including phenoxy) is 1. The molecule has 0 fully saturated rings. The molecule has 9 heteroatoms. The van der Waals surface area contributed by atoms with Crippen molar-refractivity contribution in [2.24, 2.45) is 5.84 Å². The van der Waals surface area contributed by atoms with Crippen molar-refractivity contribution >= 4 is 28.5 Å². The first-order chi connectivity index (χ1) is 15.7. The molecule has 9 nitrogen and oxygen atoms in total. The van der Waals surface area contributed by atoms with E-state index in [1.807, 2.05) is 27.7 Å². The predicted octanol–water partition coefficient (Wildman–Crippen LogP) is 3.37. The molecule has 0 spiro atoms. The van der Waals surface area contributed by atoms with E-state index in [4.69, 9.17) is 10.6 Å². The second kappa shape index (κ2) is 8.40. The van der Waals surface area contributed by atoms with Crippen molar-refractivity contribution in [1.82, 2.24) is 20.4 Å². The number of nitrogens with two attached hydrogens (primary N) is 1. The summed E-state index contributed by atoms with van der Waals surface area (Å²) >= 11 is 0. The highest BCUT2D eigenvalue weighted by Gasteiger charge is 2.38. The summed E-state index contributed by atoms with van der Waals surface area (Å²) in [5.74, 6) is 4.69. The summed E-state index contributed by atoms with van der Waals surface area (Å²) in [5, 5.41) is 8.34. The summed E-state index contributed by atoms with van der Waals surface area (Å²) in [5.41, 5.74) is 3.26. The number of aromatic nitrogens is 3. The zero-order chi connectivity index (χ0) is 23.9. The van der Waals surface area contributed by atoms with Crippen LogP contribution in [-0.2, 0) is 0 Å². The van der Waals surface area contributed by atoms with Crippen LogP contribution in [0.25, 0.3) is 11.0 Å². The molecule has 0 unspecified atom stereocenters. The predicted molar refractivity (Wildman–Crippen MR) is 122 cm³/mol. The third kappa shape index (κ3) is 3.68. The number of carbonyl (C=O) groups excluding carboxylic acids is 3. The van der Waals surface area contributed by atoms with Gasteiger partial charge in [0.2, 0.25) is 0 Å². The highest BCUT2D eigenvalue weighted by atomic mass is 16.5. The Morgan fingerprint density at radius 2 is 1.94 bits per heavy atom. The number of amides is 1. The van der Waals surface area contributed by atoms with Crippen LogP contribution in [0.2, 0.25) is 0 Å². The fourth-order valence-corrected chi connectivity index (χ4v) is 4.31. The zero-order valence-electron chi connectivity index (χ0n) is 19.1. The van der Waals surface area contributed by atoms with Gasteiger partial charge in [0.25, 0.3) is 5.91 Å². The number of rotatable bonds is 6. The molecule has 0 bridgehead atoms. The molecule has 0 radical (unpaired) electrons. The van der Waals surface area contributed by atoms with E-state index in [1.54, 1.807) is 22.9 Å². The van der Waals surface area contributed by atoms with Crippen molar-refractivity contribution in [3.8, 4) is 5.75 Å². The van der Waals surface area contributed by atoms with Gasteiger partial charge in [0.05, 0.1) is 28.6 Å². The normalized spacial score (nSPS) is 14.8. The van der Waals surface area contributed by atoms with E-state index in [9.17, 15) is 14.4 Å².